The van der Waals surface area contributed by atoms with Crippen molar-refractivity contribution in [1.82, 2.24) is 0 Å². The number of halogens is 2. The third-order valence-corrected chi connectivity index (χ3v) is 5.04. The van der Waals surface area contributed by atoms with E-state index < -0.39 is 11.6 Å². The molecule has 0 atom stereocenters. The molecule has 0 spiro atoms. The smallest absolute Gasteiger partial charge is 0.200 e. The number of hydrogen-bond acceptors (Lipinski definition) is 1. The highest BCUT2D eigenvalue weighted by Crippen LogP contribution is 2.40. The van der Waals surface area contributed by atoms with Crippen molar-refractivity contribution < 1.29 is 13.5 Å². The first kappa shape index (κ1) is 18.2. The Morgan fingerprint density at radius 3 is 2.35 bits per heavy atom. The molecule has 23 heavy (non-hydrogen) atoms. The van der Waals surface area contributed by atoms with Crippen LogP contribution in [0.4, 0.5) is 8.78 Å². The largest absolute Gasteiger partial charge is 0.490 e. The van der Waals surface area contributed by atoms with Gasteiger partial charge in [-0.2, -0.15) is 4.39 Å². The van der Waals surface area contributed by atoms with Crippen LogP contribution in [0.25, 0.3) is 0 Å². The fraction of sp³-hybridized carbons (Fsp3) is 0.700. The molecule has 0 aromatic heterocycles. The second-order valence-corrected chi connectivity index (χ2v) is 6.84. The molecule has 0 radical (unpaired) electrons. The molecule has 130 valence electrons. The van der Waals surface area contributed by atoms with Gasteiger partial charge in [0.2, 0.25) is 5.82 Å². The van der Waals surface area contributed by atoms with Gasteiger partial charge in [0.1, 0.15) is 0 Å². The molecule has 1 nitrogen and oxygen atoms in total. The molecule has 0 aliphatic heterocycles. The molecule has 3 heteroatoms. The minimum absolute atomic E-state index is 0.0429. The Morgan fingerprint density at radius 2 is 1.70 bits per heavy atom. The number of hydrogen-bond donors (Lipinski definition) is 0. The van der Waals surface area contributed by atoms with Crippen molar-refractivity contribution in [1.29, 1.82) is 0 Å². The average Bonchev–Trinajstić information content (AvgIpc) is 2.57. The maximum atomic E-state index is 14.4. The Morgan fingerprint density at radius 1 is 0.957 bits per heavy atom. The molecule has 1 aliphatic rings. The molecule has 1 saturated carbocycles. The lowest BCUT2D eigenvalue weighted by molar-refractivity contribution is 0.286. The Hall–Kier alpha value is -1.12. The SMILES string of the molecule is CCCCCC1CCC(c2ccc(OCCC)c(F)c2F)CC1. The van der Waals surface area contributed by atoms with Gasteiger partial charge in [-0.05, 0) is 55.6 Å². The average molecular weight is 324 g/mol. The van der Waals surface area contributed by atoms with Crippen molar-refractivity contribution in [3.8, 4) is 5.75 Å². The molecule has 0 heterocycles. The standard InChI is InChI=1S/C20H30F2O/c1-3-5-6-7-15-8-10-16(11-9-15)17-12-13-18(23-14-4-2)20(22)19(17)21/h12-13,15-16H,3-11,14H2,1-2H3. The quantitative estimate of drug-likeness (QED) is 0.489. The van der Waals surface area contributed by atoms with E-state index in [0.717, 1.165) is 38.0 Å². The van der Waals surface area contributed by atoms with Gasteiger partial charge in [0.25, 0.3) is 0 Å². The monoisotopic (exact) mass is 324 g/mol. The normalized spacial score (nSPS) is 21.4. The van der Waals surface area contributed by atoms with Gasteiger partial charge >= 0.3 is 0 Å². The van der Waals surface area contributed by atoms with Gasteiger partial charge < -0.3 is 4.74 Å². The summed E-state index contributed by atoms with van der Waals surface area (Å²) in [5, 5.41) is 0. The molecule has 0 unspecified atom stereocenters. The zero-order valence-corrected chi connectivity index (χ0v) is 14.5. The zero-order chi connectivity index (χ0) is 16.7. The lowest BCUT2D eigenvalue weighted by atomic mass is 9.77. The van der Waals surface area contributed by atoms with Crippen molar-refractivity contribution >= 4 is 0 Å². The highest BCUT2D eigenvalue weighted by atomic mass is 19.2. The molecule has 2 rings (SSSR count). The van der Waals surface area contributed by atoms with Crippen molar-refractivity contribution in [3.05, 3.63) is 29.3 Å². The molecule has 1 aliphatic carbocycles. The van der Waals surface area contributed by atoms with E-state index in [2.05, 4.69) is 6.92 Å². The minimum Gasteiger partial charge on any atom is -0.490 e. The van der Waals surface area contributed by atoms with Crippen LogP contribution in [0.5, 0.6) is 5.75 Å². The minimum atomic E-state index is -0.819. The number of benzene rings is 1. The molecule has 0 amide bonds. The van der Waals surface area contributed by atoms with Gasteiger partial charge in [0.15, 0.2) is 11.6 Å². The third kappa shape index (κ3) is 4.92. The van der Waals surface area contributed by atoms with Crippen LogP contribution in [0.3, 0.4) is 0 Å². The van der Waals surface area contributed by atoms with E-state index in [4.69, 9.17) is 4.74 Å². The van der Waals surface area contributed by atoms with E-state index in [1.807, 2.05) is 6.92 Å². The van der Waals surface area contributed by atoms with E-state index in [1.165, 1.54) is 25.7 Å². The molecule has 1 aromatic rings. The Bertz CT molecular complexity index is 479. The Labute approximate surface area is 139 Å². The molecule has 1 aromatic carbocycles. The zero-order valence-electron chi connectivity index (χ0n) is 14.5. The second kappa shape index (κ2) is 9.24. The number of ether oxygens (including phenoxy) is 1. The molecule has 0 N–H and O–H groups in total. The van der Waals surface area contributed by atoms with E-state index in [1.54, 1.807) is 12.1 Å². The summed E-state index contributed by atoms with van der Waals surface area (Å²) in [5.74, 6) is -0.541. The fourth-order valence-electron chi connectivity index (χ4n) is 3.63. The molecular weight excluding hydrogens is 294 g/mol. The van der Waals surface area contributed by atoms with Crippen LogP contribution in [0.2, 0.25) is 0 Å². The van der Waals surface area contributed by atoms with E-state index in [-0.39, 0.29) is 11.7 Å². The maximum Gasteiger partial charge on any atom is 0.200 e. The first-order valence-electron chi connectivity index (χ1n) is 9.28. The van der Waals surface area contributed by atoms with Crippen LogP contribution in [-0.2, 0) is 0 Å². The van der Waals surface area contributed by atoms with Gasteiger partial charge in [-0.25, -0.2) is 4.39 Å². The highest BCUT2D eigenvalue weighted by molar-refractivity contribution is 5.33. The predicted octanol–water partition coefficient (Wildman–Crippen LogP) is 6.61. The van der Waals surface area contributed by atoms with Crippen molar-refractivity contribution in [2.75, 3.05) is 6.61 Å². The summed E-state index contributed by atoms with van der Waals surface area (Å²) in [5.41, 5.74) is 0.540. The summed E-state index contributed by atoms with van der Waals surface area (Å²) >= 11 is 0. The van der Waals surface area contributed by atoms with Gasteiger partial charge in [-0.1, -0.05) is 45.6 Å². The molecule has 0 bridgehead atoms. The Kier molecular flexibility index (Phi) is 7.32. The lowest BCUT2D eigenvalue weighted by Crippen LogP contribution is -2.15. The molecule has 0 saturated heterocycles. The van der Waals surface area contributed by atoms with Crippen molar-refractivity contribution in [2.24, 2.45) is 5.92 Å². The van der Waals surface area contributed by atoms with Gasteiger partial charge in [-0.3, -0.25) is 0 Å². The van der Waals surface area contributed by atoms with Crippen molar-refractivity contribution in [2.45, 2.75) is 77.6 Å². The van der Waals surface area contributed by atoms with Gasteiger partial charge in [-0.15, -0.1) is 0 Å². The summed E-state index contributed by atoms with van der Waals surface area (Å²) in [6, 6.07) is 3.32. The van der Waals surface area contributed by atoms with Crippen LogP contribution in [-0.4, -0.2) is 6.61 Å². The number of rotatable bonds is 8. The summed E-state index contributed by atoms with van der Waals surface area (Å²) in [4.78, 5) is 0. The topological polar surface area (TPSA) is 9.23 Å². The predicted molar refractivity (Wildman–Crippen MR) is 91.0 cm³/mol. The van der Waals surface area contributed by atoms with Gasteiger partial charge in [0, 0.05) is 0 Å². The second-order valence-electron chi connectivity index (χ2n) is 6.84. The van der Waals surface area contributed by atoms with E-state index in [0.29, 0.717) is 12.2 Å². The summed E-state index contributed by atoms with van der Waals surface area (Å²) in [7, 11) is 0. The summed E-state index contributed by atoms with van der Waals surface area (Å²) < 4.78 is 33.8. The highest BCUT2D eigenvalue weighted by Gasteiger charge is 2.26. The number of unbranched alkanes of at least 4 members (excludes halogenated alkanes) is 2. The van der Waals surface area contributed by atoms with Crippen LogP contribution in [0, 0.1) is 17.6 Å². The van der Waals surface area contributed by atoms with Gasteiger partial charge in [0.05, 0.1) is 6.61 Å². The lowest BCUT2D eigenvalue weighted by Gasteiger charge is -2.29. The molecule has 1 fully saturated rings. The van der Waals surface area contributed by atoms with Crippen LogP contribution in [0.15, 0.2) is 12.1 Å². The van der Waals surface area contributed by atoms with Crippen molar-refractivity contribution in [3.63, 3.8) is 0 Å². The summed E-state index contributed by atoms with van der Waals surface area (Å²) in [6.07, 6.45) is 10.2. The van der Waals surface area contributed by atoms with Crippen LogP contribution >= 0.6 is 0 Å². The maximum absolute atomic E-state index is 14.4. The van der Waals surface area contributed by atoms with Crippen LogP contribution in [0.1, 0.15) is 83.1 Å². The summed E-state index contributed by atoms with van der Waals surface area (Å²) in [6.45, 7) is 4.59. The van der Waals surface area contributed by atoms with E-state index >= 15 is 0 Å². The Balaban J connectivity index is 1.94. The van der Waals surface area contributed by atoms with E-state index in [9.17, 15) is 8.78 Å². The first-order chi connectivity index (χ1) is 11.2. The fourth-order valence-corrected chi connectivity index (χ4v) is 3.63. The van der Waals surface area contributed by atoms with Crippen LogP contribution < -0.4 is 4.74 Å². The first-order valence-corrected chi connectivity index (χ1v) is 9.28. The third-order valence-electron chi connectivity index (χ3n) is 5.04. The molecular formula is C20H30F2O.